The first-order chi connectivity index (χ1) is 6.51. The molecule has 1 unspecified atom stereocenters. The quantitative estimate of drug-likeness (QED) is 0.644. The number of carbonyl (C=O) groups excluding carboxylic acids is 1. The Kier molecular flexibility index (Phi) is 3.88. The Labute approximate surface area is 84.5 Å². The van der Waals surface area contributed by atoms with Crippen LogP contribution in [-0.4, -0.2) is 45.6 Å². The van der Waals surface area contributed by atoms with Crippen LogP contribution in [0.5, 0.6) is 0 Å². The Bertz CT molecular complexity index is 289. The van der Waals surface area contributed by atoms with Gasteiger partial charge in [0.15, 0.2) is 0 Å². The molecule has 1 saturated heterocycles. The minimum Gasteiger partial charge on any atom is -0.345 e. The van der Waals surface area contributed by atoms with Crippen molar-refractivity contribution in [1.82, 2.24) is 9.62 Å². The van der Waals surface area contributed by atoms with Crippen molar-refractivity contribution >= 4 is 16.4 Å². The van der Waals surface area contributed by atoms with E-state index >= 15 is 0 Å². The molecule has 5 nitrogen and oxygen atoms in total. The van der Waals surface area contributed by atoms with E-state index in [0.29, 0.717) is 13.1 Å². The average Bonchev–Trinajstić information content (AvgIpc) is 2.14. The molecule has 0 aliphatic carbocycles. The first kappa shape index (κ1) is 11.5. The van der Waals surface area contributed by atoms with Crippen LogP contribution in [0.2, 0.25) is 0 Å². The number of carbonyl (C=O) groups is 1. The molecule has 1 aliphatic heterocycles. The van der Waals surface area contributed by atoms with Gasteiger partial charge in [-0.25, -0.2) is 13.1 Å². The predicted molar refractivity (Wildman–Crippen MR) is 53.2 cm³/mol. The summed E-state index contributed by atoms with van der Waals surface area (Å²) in [5.41, 5.74) is 0. The number of amides is 1. The van der Waals surface area contributed by atoms with Gasteiger partial charge >= 0.3 is 0 Å². The highest BCUT2D eigenvalue weighted by molar-refractivity contribution is 7.88. The number of piperidine rings is 1. The molecule has 1 atom stereocenters. The van der Waals surface area contributed by atoms with E-state index in [4.69, 9.17) is 0 Å². The molecule has 1 aliphatic rings. The van der Waals surface area contributed by atoms with E-state index in [1.165, 1.54) is 0 Å². The summed E-state index contributed by atoms with van der Waals surface area (Å²) in [6, 6.07) is 0. The Balaban J connectivity index is 2.34. The normalized spacial score (nSPS) is 23.5. The summed E-state index contributed by atoms with van der Waals surface area (Å²) in [4.78, 5) is 12.2. The third kappa shape index (κ3) is 4.06. The number of hydrogen-bond donors (Lipinski definition) is 1. The van der Waals surface area contributed by atoms with Crippen LogP contribution in [-0.2, 0) is 14.8 Å². The Morgan fingerprint density at radius 2 is 2.29 bits per heavy atom. The van der Waals surface area contributed by atoms with E-state index in [1.54, 1.807) is 4.90 Å². The van der Waals surface area contributed by atoms with Gasteiger partial charge in [0, 0.05) is 19.6 Å². The zero-order valence-corrected chi connectivity index (χ0v) is 9.09. The second-order valence-electron chi connectivity index (χ2n) is 3.73. The van der Waals surface area contributed by atoms with Gasteiger partial charge < -0.3 is 4.90 Å². The maximum absolute atomic E-state index is 10.8. The summed E-state index contributed by atoms with van der Waals surface area (Å²) in [5.74, 6) is 0.253. The summed E-state index contributed by atoms with van der Waals surface area (Å²) in [6.45, 7) is 1.88. The molecule has 0 bridgehead atoms. The molecule has 1 amide bonds. The molecule has 0 aromatic carbocycles. The van der Waals surface area contributed by atoms with Crippen LogP contribution >= 0.6 is 0 Å². The van der Waals surface area contributed by atoms with Crippen molar-refractivity contribution in [2.75, 3.05) is 25.9 Å². The molecular weight excluding hydrogens is 204 g/mol. The van der Waals surface area contributed by atoms with Crippen molar-refractivity contribution in [2.45, 2.75) is 12.8 Å². The summed E-state index contributed by atoms with van der Waals surface area (Å²) in [7, 11) is -3.10. The summed E-state index contributed by atoms with van der Waals surface area (Å²) < 4.78 is 24.1. The molecule has 14 heavy (non-hydrogen) atoms. The van der Waals surface area contributed by atoms with Gasteiger partial charge in [-0.05, 0) is 18.8 Å². The van der Waals surface area contributed by atoms with Gasteiger partial charge in [0.25, 0.3) is 0 Å². The standard InChI is InChI=1S/C8H16N2O3S/c1-14(12,13)9-5-8-3-2-4-10(6-8)7-11/h7-9H,2-6H2,1H3. The van der Waals surface area contributed by atoms with E-state index < -0.39 is 10.0 Å². The summed E-state index contributed by atoms with van der Waals surface area (Å²) in [6.07, 6.45) is 3.90. The van der Waals surface area contributed by atoms with Crippen LogP contribution in [0.15, 0.2) is 0 Å². The minimum absolute atomic E-state index is 0.253. The Hall–Kier alpha value is -0.620. The highest BCUT2D eigenvalue weighted by Crippen LogP contribution is 2.14. The number of likely N-dealkylation sites (tertiary alicyclic amines) is 1. The number of nitrogens with zero attached hydrogens (tertiary/aromatic N) is 1. The fourth-order valence-corrected chi connectivity index (χ4v) is 2.17. The fourth-order valence-electron chi connectivity index (χ4n) is 1.63. The third-order valence-corrected chi connectivity index (χ3v) is 3.02. The molecule has 0 saturated carbocycles. The first-order valence-electron chi connectivity index (χ1n) is 4.65. The van der Waals surface area contributed by atoms with Crippen molar-refractivity contribution in [3.8, 4) is 0 Å². The number of rotatable bonds is 4. The average molecular weight is 220 g/mol. The van der Waals surface area contributed by atoms with Crippen LogP contribution in [0, 0.1) is 5.92 Å². The van der Waals surface area contributed by atoms with E-state index in [-0.39, 0.29) is 5.92 Å². The summed E-state index contributed by atoms with van der Waals surface area (Å²) in [5, 5.41) is 0. The van der Waals surface area contributed by atoms with Gasteiger partial charge in [-0.1, -0.05) is 0 Å². The van der Waals surface area contributed by atoms with E-state index in [0.717, 1.165) is 32.1 Å². The highest BCUT2D eigenvalue weighted by atomic mass is 32.2. The lowest BCUT2D eigenvalue weighted by molar-refractivity contribution is -0.119. The smallest absolute Gasteiger partial charge is 0.209 e. The molecule has 1 rings (SSSR count). The maximum atomic E-state index is 10.8. The molecule has 1 fully saturated rings. The highest BCUT2D eigenvalue weighted by Gasteiger charge is 2.19. The SMILES string of the molecule is CS(=O)(=O)NCC1CCCN(C=O)C1. The molecule has 6 heteroatoms. The zero-order valence-electron chi connectivity index (χ0n) is 8.27. The molecule has 1 N–H and O–H groups in total. The maximum Gasteiger partial charge on any atom is 0.209 e. The van der Waals surface area contributed by atoms with Crippen LogP contribution in [0.3, 0.4) is 0 Å². The number of sulfonamides is 1. The zero-order chi connectivity index (χ0) is 10.6. The van der Waals surface area contributed by atoms with Gasteiger partial charge in [0.1, 0.15) is 0 Å². The number of nitrogens with one attached hydrogen (secondary N) is 1. The second-order valence-corrected chi connectivity index (χ2v) is 5.56. The van der Waals surface area contributed by atoms with Crippen molar-refractivity contribution < 1.29 is 13.2 Å². The van der Waals surface area contributed by atoms with Crippen LogP contribution in [0.4, 0.5) is 0 Å². The minimum atomic E-state index is -3.10. The van der Waals surface area contributed by atoms with Crippen molar-refractivity contribution in [3.05, 3.63) is 0 Å². The second kappa shape index (κ2) is 4.75. The molecule has 0 spiro atoms. The van der Waals surface area contributed by atoms with Gasteiger partial charge in [-0.15, -0.1) is 0 Å². The molecular formula is C8H16N2O3S. The van der Waals surface area contributed by atoms with Gasteiger partial charge in [0.05, 0.1) is 6.26 Å². The van der Waals surface area contributed by atoms with Crippen molar-refractivity contribution in [2.24, 2.45) is 5.92 Å². The lowest BCUT2D eigenvalue weighted by atomic mass is 9.99. The van der Waals surface area contributed by atoms with E-state index in [9.17, 15) is 13.2 Å². The van der Waals surface area contributed by atoms with Crippen LogP contribution in [0.1, 0.15) is 12.8 Å². The van der Waals surface area contributed by atoms with E-state index in [2.05, 4.69) is 4.72 Å². The topological polar surface area (TPSA) is 66.5 Å². The number of hydrogen-bond acceptors (Lipinski definition) is 3. The lowest BCUT2D eigenvalue weighted by Crippen LogP contribution is -2.39. The largest absolute Gasteiger partial charge is 0.345 e. The van der Waals surface area contributed by atoms with Crippen LogP contribution < -0.4 is 4.72 Å². The monoisotopic (exact) mass is 220 g/mol. The molecule has 0 radical (unpaired) electrons. The Morgan fingerprint density at radius 3 is 2.86 bits per heavy atom. The predicted octanol–water partition coefficient (Wildman–Crippen LogP) is -0.596. The Morgan fingerprint density at radius 1 is 1.57 bits per heavy atom. The lowest BCUT2D eigenvalue weighted by Gasteiger charge is -2.29. The molecule has 0 aromatic rings. The van der Waals surface area contributed by atoms with Gasteiger partial charge in [-0.2, -0.15) is 0 Å². The van der Waals surface area contributed by atoms with Crippen molar-refractivity contribution in [1.29, 1.82) is 0 Å². The third-order valence-electron chi connectivity index (χ3n) is 2.33. The summed E-state index contributed by atoms with van der Waals surface area (Å²) >= 11 is 0. The van der Waals surface area contributed by atoms with Gasteiger partial charge in [0.2, 0.25) is 16.4 Å². The first-order valence-corrected chi connectivity index (χ1v) is 6.54. The van der Waals surface area contributed by atoms with Crippen molar-refractivity contribution in [3.63, 3.8) is 0 Å². The molecule has 82 valence electrons. The van der Waals surface area contributed by atoms with Crippen LogP contribution in [0.25, 0.3) is 0 Å². The fraction of sp³-hybridized carbons (Fsp3) is 0.875. The van der Waals surface area contributed by atoms with E-state index in [1.807, 2.05) is 0 Å². The molecule has 0 aromatic heterocycles. The molecule has 1 heterocycles. The van der Waals surface area contributed by atoms with Gasteiger partial charge in [-0.3, -0.25) is 4.79 Å².